The zero-order valence-electron chi connectivity index (χ0n) is 16.9. The fraction of sp³-hybridized carbons (Fsp3) is 0.409. The number of methoxy groups -OCH3 is 1. The van der Waals surface area contributed by atoms with Gasteiger partial charge >= 0.3 is 12.2 Å². The Morgan fingerprint density at radius 3 is 2.31 bits per heavy atom. The summed E-state index contributed by atoms with van der Waals surface area (Å²) in [6.45, 7) is 6.10. The van der Waals surface area contributed by atoms with Crippen LogP contribution in [0.4, 0.5) is 18.0 Å². The second-order valence-electron chi connectivity index (χ2n) is 8.17. The molecule has 1 unspecified atom stereocenters. The first-order chi connectivity index (χ1) is 13.5. The van der Waals surface area contributed by atoms with E-state index in [0.29, 0.717) is 18.5 Å². The van der Waals surface area contributed by atoms with Crippen LogP contribution in [0.5, 0.6) is 5.75 Å². The highest BCUT2D eigenvalue weighted by Crippen LogP contribution is 2.40. The summed E-state index contributed by atoms with van der Waals surface area (Å²) in [5.74, 6) is 0.718. The van der Waals surface area contributed by atoms with Crippen molar-refractivity contribution in [2.45, 2.75) is 44.9 Å². The number of nitrogens with zero attached hydrogens (tertiary/aromatic N) is 1. The van der Waals surface area contributed by atoms with Crippen molar-refractivity contribution in [2.24, 2.45) is 0 Å². The van der Waals surface area contributed by atoms with Gasteiger partial charge in [0.1, 0.15) is 5.75 Å². The van der Waals surface area contributed by atoms with E-state index in [9.17, 15) is 18.0 Å². The number of amides is 2. The van der Waals surface area contributed by atoms with E-state index in [-0.39, 0.29) is 6.03 Å². The number of ether oxygens (including phenoxy) is 1. The number of carbonyl (C=O) groups is 1. The highest BCUT2D eigenvalue weighted by molar-refractivity contribution is 5.77. The van der Waals surface area contributed by atoms with Gasteiger partial charge in [-0.2, -0.15) is 13.2 Å². The minimum absolute atomic E-state index is 0.254. The number of hydrogen-bond acceptors (Lipinski definition) is 2. The van der Waals surface area contributed by atoms with E-state index in [4.69, 9.17) is 4.74 Å². The molecule has 2 aromatic carbocycles. The van der Waals surface area contributed by atoms with Crippen LogP contribution < -0.4 is 10.1 Å². The topological polar surface area (TPSA) is 41.6 Å². The maximum Gasteiger partial charge on any atom is 0.416 e. The summed E-state index contributed by atoms with van der Waals surface area (Å²) >= 11 is 0. The van der Waals surface area contributed by atoms with Crippen molar-refractivity contribution < 1.29 is 22.7 Å². The third-order valence-corrected chi connectivity index (χ3v) is 4.89. The predicted molar refractivity (Wildman–Crippen MR) is 105 cm³/mol. The van der Waals surface area contributed by atoms with E-state index in [1.54, 1.807) is 12.0 Å². The van der Waals surface area contributed by atoms with E-state index in [1.807, 2.05) is 39.0 Å². The molecular weight excluding hydrogens is 381 g/mol. The molecule has 0 aliphatic carbocycles. The maximum atomic E-state index is 13.0. The van der Waals surface area contributed by atoms with Gasteiger partial charge in [0.25, 0.3) is 0 Å². The zero-order chi connectivity index (χ0) is 21.4. The number of hydrogen-bond donors (Lipinski definition) is 1. The van der Waals surface area contributed by atoms with Gasteiger partial charge in [0.05, 0.1) is 18.7 Å². The number of carbonyl (C=O) groups excluding carboxylic acids is 1. The van der Waals surface area contributed by atoms with Crippen molar-refractivity contribution in [3.8, 4) is 5.75 Å². The Bertz CT molecular complexity index is 886. The molecule has 1 aliphatic rings. The van der Waals surface area contributed by atoms with Gasteiger partial charge < -0.3 is 15.0 Å². The number of alkyl halides is 3. The second-order valence-corrected chi connectivity index (χ2v) is 8.17. The van der Waals surface area contributed by atoms with Crippen LogP contribution in [0.1, 0.15) is 49.1 Å². The zero-order valence-corrected chi connectivity index (χ0v) is 16.9. The van der Waals surface area contributed by atoms with Crippen LogP contribution in [-0.2, 0) is 12.6 Å². The van der Waals surface area contributed by atoms with Crippen molar-refractivity contribution in [3.05, 3.63) is 64.7 Å². The lowest BCUT2D eigenvalue weighted by Gasteiger charge is -2.39. The Morgan fingerprint density at radius 2 is 1.76 bits per heavy atom. The fourth-order valence-corrected chi connectivity index (χ4v) is 3.65. The Kier molecular flexibility index (Phi) is 5.52. The molecule has 156 valence electrons. The molecule has 0 saturated carbocycles. The molecule has 3 rings (SSSR count). The minimum atomic E-state index is -4.41. The first-order valence-corrected chi connectivity index (χ1v) is 9.43. The highest BCUT2D eigenvalue weighted by Gasteiger charge is 2.36. The lowest BCUT2D eigenvalue weighted by Crippen LogP contribution is -2.51. The third-order valence-electron chi connectivity index (χ3n) is 4.89. The van der Waals surface area contributed by atoms with Crippen molar-refractivity contribution >= 4 is 6.03 Å². The average Bonchev–Trinajstić information content (AvgIpc) is 2.64. The van der Waals surface area contributed by atoms with Gasteiger partial charge in [-0.15, -0.1) is 0 Å². The summed E-state index contributed by atoms with van der Waals surface area (Å²) < 4.78 is 44.5. The molecule has 1 N–H and O–H groups in total. The van der Waals surface area contributed by atoms with E-state index in [1.165, 1.54) is 12.1 Å². The van der Waals surface area contributed by atoms with Crippen LogP contribution in [0.15, 0.2) is 42.5 Å². The van der Waals surface area contributed by atoms with Crippen LogP contribution in [0.25, 0.3) is 0 Å². The number of halogens is 3. The number of benzene rings is 2. The van der Waals surface area contributed by atoms with Crippen LogP contribution in [-0.4, -0.2) is 30.1 Å². The first-order valence-electron chi connectivity index (χ1n) is 9.43. The smallest absolute Gasteiger partial charge is 0.416 e. The summed E-state index contributed by atoms with van der Waals surface area (Å²) in [5.41, 5.74) is 1.31. The molecule has 0 saturated heterocycles. The van der Waals surface area contributed by atoms with Gasteiger partial charge in [0.2, 0.25) is 0 Å². The van der Waals surface area contributed by atoms with Crippen molar-refractivity contribution in [3.63, 3.8) is 0 Å². The number of rotatable bonds is 2. The Balaban J connectivity index is 2.07. The largest absolute Gasteiger partial charge is 0.496 e. The predicted octanol–water partition coefficient (Wildman–Crippen LogP) is 5.17. The number of urea groups is 1. The van der Waals surface area contributed by atoms with Gasteiger partial charge in [0, 0.05) is 17.6 Å². The highest BCUT2D eigenvalue weighted by atomic mass is 19.4. The van der Waals surface area contributed by atoms with Gasteiger partial charge in [-0.3, -0.25) is 0 Å². The molecule has 0 radical (unpaired) electrons. The molecule has 1 heterocycles. The summed E-state index contributed by atoms with van der Waals surface area (Å²) in [4.78, 5) is 14.7. The Morgan fingerprint density at radius 1 is 1.10 bits per heavy atom. The standard InChI is InChI=1S/C22H25F3N2O2/c1-21(2,3)26-20(28)27-13-12-16-17(6-5-7-18(16)29-4)19(27)14-8-10-15(11-9-14)22(23,24)25/h5-11,19H,12-13H2,1-4H3,(H,26,28). The molecule has 0 aromatic heterocycles. The summed E-state index contributed by atoms with van der Waals surface area (Å²) in [6.07, 6.45) is -3.80. The van der Waals surface area contributed by atoms with E-state index in [2.05, 4.69) is 5.32 Å². The summed E-state index contributed by atoms with van der Waals surface area (Å²) in [6, 6.07) is 9.84. The summed E-state index contributed by atoms with van der Waals surface area (Å²) in [5, 5.41) is 2.96. The van der Waals surface area contributed by atoms with Gasteiger partial charge in [-0.1, -0.05) is 24.3 Å². The van der Waals surface area contributed by atoms with Crippen LogP contribution in [0.2, 0.25) is 0 Å². The maximum absolute atomic E-state index is 13.0. The number of nitrogens with one attached hydrogen (secondary N) is 1. The molecule has 1 atom stereocenters. The number of fused-ring (bicyclic) bond motifs is 1. The summed E-state index contributed by atoms with van der Waals surface area (Å²) in [7, 11) is 1.58. The molecule has 0 spiro atoms. The molecule has 7 heteroatoms. The first kappa shape index (κ1) is 21.0. The van der Waals surface area contributed by atoms with Crippen LogP contribution >= 0.6 is 0 Å². The normalized spacial score (nSPS) is 16.9. The second kappa shape index (κ2) is 7.61. The van der Waals surface area contributed by atoms with Crippen LogP contribution in [0, 0.1) is 0 Å². The lowest BCUT2D eigenvalue weighted by atomic mass is 9.87. The molecule has 2 amide bonds. The van der Waals surface area contributed by atoms with Crippen molar-refractivity contribution in [2.75, 3.05) is 13.7 Å². The molecule has 0 fully saturated rings. The molecule has 4 nitrogen and oxygen atoms in total. The van der Waals surface area contributed by atoms with Gasteiger partial charge in [-0.05, 0) is 56.5 Å². The molecule has 2 aromatic rings. The van der Waals surface area contributed by atoms with Crippen molar-refractivity contribution in [1.82, 2.24) is 10.2 Å². The Hall–Kier alpha value is -2.70. The molecule has 1 aliphatic heterocycles. The van der Waals surface area contributed by atoms with E-state index in [0.717, 1.165) is 29.0 Å². The van der Waals surface area contributed by atoms with Crippen LogP contribution in [0.3, 0.4) is 0 Å². The fourth-order valence-electron chi connectivity index (χ4n) is 3.65. The third kappa shape index (κ3) is 4.49. The van der Waals surface area contributed by atoms with Gasteiger partial charge in [-0.25, -0.2) is 4.79 Å². The quantitative estimate of drug-likeness (QED) is 0.748. The van der Waals surface area contributed by atoms with E-state index >= 15 is 0 Å². The molecular formula is C22H25F3N2O2. The monoisotopic (exact) mass is 406 g/mol. The van der Waals surface area contributed by atoms with Crippen molar-refractivity contribution in [1.29, 1.82) is 0 Å². The SMILES string of the molecule is COc1cccc2c1CCN(C(=O)NC(C)(C)C)C2c1ccc(C(F)(F)F)cc1. The lowest BCUT2D eigenvalue weighted by molar-refractivity contribution is -0.137. The minimum Gasteiger partial charge on any atom is -0.496 e. The average molecular weight is 406 g/mol. The Labute approximate surface area is 168 Å². The molecule has 0 bridgehead atoms. The van der Waals surface area contributed by atoms with E-state index < -0.39 is 23.3 Å². The molecule has 29 heavy (non-hydrogen) atoms. The van der Waals surface area contributed by atoms with Gasteiger partial charge in [0.15, 0.2) is 0 Å².